The third-order valence-electron chi connectivity index (χ3n) is 2.71. The van der Waals surface area contributed by atoms with Crippen molar-refractivity contribution in [3.05, 3.63) is 54.4 Å². The van der Waals surface area contributed by atoms with Gasteiger partial charge in [-0.15, -0.1) is 11.8 Å². The second-order valence-electron chi connectivity index (χ2n) is 4.18. The highest BCUT2D eigenvalue weighted by Gasteiger charge is 2.16. The quantitative estimate of drug-likeness (QED) is 0.822. The SMILES string of the molecule is O=C(O)c1cccc(S(=O)(=O)CCSc2ccncc2)c1. The van der Waals surface area contributed by atoms with Crippen LogP contribution in [0, 0.1) is 0 Å². The molecule has 1 N–H and O–H groups in total. The molecular formula is C14H13NO4S2. The number of hydrogen-bond donors (Lipinski definition) is 1. The summed E-state index contributed by atoms with van der Waals surface area (Å²) >= 11 is 1.42. The minimum Gasteiger partial charge on any atom is -0.478 e. The standard InChI is InChI=1S/C14H13NO4S2/c16-14(17)11-2-1-3-13(10-11)21(18,19)9-8-20-12-4-6-15-7-5-12/h1-7,10H,8-9H2,(H,16,17). The number of rotatable bonds is 6. The summed E-state index contributed by atoms with van der Waals surface area (Å²) in [4.78, 5) is 15.7. The molecule has 0 atom stereocenters. The topological polar surface area (TPSA) is 84.3 Å². The summed E-state index contributed by atoms with van der Waals surface area (Å²) in [5.74, 6) is -0.801. The number of aromatic nitrogens is 1. The van der Waals surface area contributed by atoms with Crippen molar-refractivity contribution in [2.24, 2.45) is 0 Å². The Bertz CT molecular complexity index is 730. The largest absolute Gasteiger partial charge is 0.478 e. The Hall–Kier alpha value is -1.86. The zero-order valence-electron chi connectivity index (χ0n) is 11.0. The van der Waals surface area contributed by atoms with E-state index in [0.717, 1.165) is 4.90 Å². The van der Waals surface area contributed by atoms with Gasteiger partial charge in [0.2, 0.25) is 0 Å². The molecule has 7 heteroatoms. The number of thioether (sulfide) groups is 1. The molecule has 0 saturated heterocycles. The third-order valence-corrected chi connectivity index (χ3v) is 5.70. The maximum absolute atomic E-state index is 12.2. The Morgan fingerprint density at radius 3 is 2.57 bits per heavy atom. The van der Waals surface area contributed by atoms with Crippen molar-refractivity contribution < 1.29 is 18.3 Å². The Labute approximate surface area is 127 Å². The molecule has 1 aromatic carbocycles. The number of carboxylic acids is 1. The van der Waals surface area contributed by atoms with Gasteiger partial charge in [-0.05, 0) is 30.3 Å². The Morgan fingerprint density at radius 2 is 1.90 bits per heavy atom. The summed E-state index contributed by atoms with van der Waals surface area (Å²) in [6, 6.07) is 9.03. The molecule has 110 valence electrons. The molecule has 1 aromatic heterocycles. The number of carboxylic acid groups (broad SMARTS) is 1. The molecule has 1 heterocycles. The van der Waals surface area contributed by atoms with Crippen molar-refractivity contribution in [2.75, 3.05) is 11.5 Å². The van der Waals surface area contributed by atoms with Crippen molar-refractivity contribution >= 4 is 27.6 Å². The van der Waals surface area contributed by atoms with E-state index in [1.165, 1.54) is 36.0 Å². The lowest BCUT2D eigenvalue weighted by atomic mass is 10.2. The molecule has 0 aliphatic heterocycles. The van der Waals surface area contributed by atoms with Crippen LogP contribution >= 0.6 is 11.8 Å². The second kappa shape index (κ2) is 6.73. The van der Waals surface area contributed by atoms with Gasteiger partial charge in [0.05, 0.1) is 16.2 Å². The Balaban J connectivity index is 2.05. The number of sulfone groups is 1. The van der Waals surface area contributed by atoms with Crippen LogP contribution in [0.5, 0.6) is 0 Å². The minimum absolute atomic E-state index is 0.0298. The number of carbonyl (C=O) groups is 1. The Morgan fingerprint density at radius 1 is 1.19 bits per heavy atom. The molecule has 5 nitrogen and oxygen atoms in total. The number of nitrogens with zero attached hydrogens (tertiary/aromatic N) is 1. The van der Waals surface area contributed by atoms with Crippen molar-refractivity contribution in [1.82, 2.24) is 4.98 Å². The van der Waals surface area contributed by atoms with Crippen LogP contribution in [0.15, 0.2) is 58.6 Å². The number of hydrogen-bond acceptors (Lipinski definition) is 5. The molecule has 2 rings (SSSR count). The van der Waals surface area contributed by atoms with Gasteiger partial charge in [-0.1, -0.05) is 6.07 Å². The molecule has 0 aliphatic rings. The van der Waals surface area contributed by atoms with Gasteiger partial charge in [-0.2, -0.15) is 0 Å². The van der Waals surface area contributed by atoms with Gasteiger partial charge >= 0.3 is 5.97 Å². The fourth-order valence-electron chi connectivity index (χ4n) is 1.64. The van der Waals surface area contributed by atoms with Crippen molar-refractivity contribution in [2.45, 2.75) is 9.79 Å². The summed E-state index contributed by atoms with van der Waals surface area (Å²) in [7, 11) is -3.49. The fraction of sp³-hybridized carbons (Fsp3) is 0.143. The van der Waals surface area contributed by atoms with Gasteiger partial charge in [0.25, 0.3) is 0 Å². The number of benzene rings is 1. The molecule has 2 aromatic rings. The first-order valence-electron chi connectivity index (χ1n) is 6.08. The summed E-state index contributed by atoms with van der Waals surface area (Å²) in [6.07, 6.45) is 3.29. The van der Waals surface area contributed by atoms with Gasteiger partial charge in [-0.3, -0.25) is 4.98 Å². The second-order valence-corrected chi connectivity index (χ2v) is 7.46. The van der Waals surface area contributed by atoms with E-state index in [1.54, 1.807) is 12.4 Å². The van der Waals surface area contributed by atoms with Crippen LogP contribution in [0.1, 0.15) is 10.4 Å². The summed E-state index contributed by atoms with van der Waals surface area (Å²) in [5.41, 5.74) is -0.0298. The van der Waals surface area contributed by atoms with E-state index in [1.807, 2.05) is 12.1 Å². The van der Waals surface area contributed by atoms with E-state index in [0.29, 0.717) is 5.75 Å². The molecule has 0 fully saturated rings. The highest BCUT2D eigenvalue weighted by atomic mass is 32.2. The normalized spacial score (nSPS) is 11.2. The van der Waals surface area contributed by atoms with E-state index in [4.69, 9.17) is 5.11 Å². The van der Waals surface area contributed by atoms with E-state index >= 15 is 0 Å². The monoisotopic (exact) mass is 323 g/mol. The lowest BCUT2D eigenvalue weighted by Crippen LogP contribution is -2.10. The molecule has 0 saturated carbocycles. The van der Waals surface area contributed by atoms with Crippen LogP contribution in [-0.2, 0) is 9.84 Å². The Kier molecular flexibility index (Phi) is 4.98. The van der Waals surface area contributed by atoms with Gasteiger partial charge in [-0.25, -0.2) is 13.2 Å². The first-order valence-corrected chi connectivity index (χ1v) is 8.72. The summed E-state index contributed by atoms with van der Waals surface area (Å²) in [6.45, 7) is 0. The zero-order valence-corrected chi connectivity index (χ0v) is 12.6. The highest BCUT2D eigenvalue weighted by Crippen LogP contribution is 2.19. The first-order chi connectivity index (χ1) is 9.99. The van der Waals surface area contributed by atoms with Crippen molar-refractivity contribution in [1.29, 1.82) is 0 Å². The highest BCUT2D eigenvalue weighted by molar-refractivity contribution is 8.00. The first kappa shape index (κ1) is 15.5. The average Bonchev–Trinajstić information content (AvgIpc) is 2.48. The van der Waals surface area contributed by atoms with E-state index in [-0.39, 0.29) is 16.2 Å². The molecule has 0 aliphatic carbocycles. The number of aromatic carboxylic acids is 1. The molecule has 0 amide bonds. The third kappa shape index (κ3) is 4.30. The van der Waals surface area contributed by atoms with Crippen LogP contribution in [0.4, 0.5) is 0 Å². The summed E-state index contributed by atoms with van der Waals surface area (Å²) in [5, 5.41) is 8.89. The molecular weight excluding hydrogens is 310 g/mol. The van der Waals surface area contributed by atoms with Gasteiger partial charge < -0.3 is 5.11 Å². The van der Waals surface area contributed by atoms with Crippen molar-refractivity contribution in [3.63, 3.8) is 0 Å². The predicted molar refractivity (Wildman–Crippen MR) is 80.4 cm³/mol. The van der Waals surface area contributed by atoms with Gasteiger partial charge in [0, 0.05) is 23.0 Å². The molecule has 0 bridgehead atoms. The van der Waals surface area contributed by atoms with Crippen LogP contribution in [0.3, 0.4) is 0 Å². The maximum atomic E-state index is 12.2. The van der Waals surface area contributed by atoms with Gasteiger partial charge in [0.1, 0.15) is 0 Å². The summed E-state index contributed by atoms with van der Waals surface area (Å²) < 4.78 is 24.4. The number of pyridine rings is 1. The van der Waals surface area contributed by atoms with Crippen LogP contribution in [0.25, 0.3) is 0 Å². The smallest absolute Gasteiger partial charge is 0.335 e. The van der Waals surface area contributed by atoms with Crippen LogP contribution < -0.4 is 0 Å². The van der Waals surface area contributed by atoms with Crippen LogP contribution in [0.2, 0.25) is 0 Å². The fourth-order valence-corrected chi connectivity index (χ4v) is 4.23. The van der Waals surface area contributed by atoms with Crippen LogP contribution in [-0.4, -0.2) is 36.0 Å². The molecule has 21 heavy (non-hydrogen) atoms. The lowest BCUT2D eigenvalue weighted by molar-refractivity contribution is 0.0696. The minimum atomic E-state index is -3.49. The van der Waals surface area contributed by atoms with E-state index in [2.05, 4.69) is 4.98 Å². The molecule has 0 radical (unpaired) electrons. The molecule has 0 unspecified atom stereocenters. The van der Waals surface area contributed by atoms with E-state index in [9.17, 15) is 13.2 Å². The lowest BCUT2D eigenvalue weighted by Gasteiger charge is -2.05. The van der Waals surface area contributed by atoms with Gasteiger partial charge in [0.15, 0.2) is 9.84 Å². The molecule has 0 spiro atoms. The van der Waals surface area contributed by atoms with Crippen molar-refractivity contribution in [3.8, 4) is 0 Å². The average molecular weight is 323 g/mol. The zero-order chi connectivity index (χ0) is 15.3. The maximum Gasteiger partial charge on any atom is 0.335 e. The van der Waals surface area contributed by atoms with E-state index < -0.39 is 15.8 Å². The predicted octanol–water partition coefficient (Wildman–Crippen LogP) is 2.35.